The molecule has 6 nitrogen and oxygen atoms in total. The molecule has 2 fully saturated rings. The molecule has 1 saturated carbocycles. The van der Waals surface area contributed by atoms with Crippen molar-refractivity contribution < 1.29 is 4.79 Å². The summed E-state index contributed by atoms with van der Waals surface area (Å²) in [6.07, 6.45) is 11.0. The van der Waals surface area contributed by atoms with Crippen LogP contribution in [0, 0.1) is 6.92 Å². The number of carbonyl (C=O) groups is 1. The van der Waals surface area contributed by atoms with Gasteiger partial charge in [0.15, 0.2) is 5.13 Å². The minimum absolute atomic E-state index is 0.149. The second-order valence-electron chi connectivity index (χ2n) is 8.75. The van der Waals surface area contributed by atoms with Gasteiger partial charge in [0.1, 0.15) is 0 Å². The molecule has 0 bridgehead atoms. The molecular formula is C23H35N5OS2. The van der Waals surface area contributed by atoms with Crippen LogP contribution in [0.3, 0.4) is 0 Å². The first-order chi connectivity index (χ1) is 15.1. The Kier molecular flexibility index (Phi) is 7.96. The number of hydrogen-bond donors (Lipinski definition) is 1. The molecule has 2 aromatic rings. The van der Waals surface area contributed by atoms with E-state index in [4.69, 9.17) is 4.98 Å². The highest BCUT2D eigenvalue weighted by Crippen LogP contribution is 2.32. The molecule has 2 aromatic heterocycles. The Morgan fingerprint density at radius 1 is 1.16 bits per heavy atom. The third-order valence-corrected chi connectivity index (χ3v) is 8.47. The lowest BCUT2D eigenvalue weighted by Crippen LogP contribution is -2.36. The van der Waals surface area contributed by atoms with Gasteiger partial charge in [-0.25, -0.2) is 9.97 Å². The number of anilines is 1. The number of hydrogen-bond acceptors (Lipinski definition) is 7. The van der Waals surface area contributed by atoms with Crippen LogP contribution < -0.4 is 10.2 Å². The van der Waals surface area contributed by atoms with Crippen molar-refractivity contribution in [1.29, 1.82) is 0 Å². The summed E-state index contributed by atoms with van der Waals surface area (Å²) >= 11 is 3.53. The van der Waals surface area contributed by atoms with Crippen molar-refractivity contribution in [3.8, 4) is 0 Å². The number of rotatable bonds is 5. The average Bonchev–Trinajstić information content (AvgIpc) is 3.32. The zero-order chi connectivity index (χ0) is 21.6. The lowest BCUT2D eigenvalue weighted by molar-refractivity contribution is -0.121. The number of carbonyl (C=O) groups excluding carboxylic acids is 1. The molecule has 170 valence electrons. The molecule has 0 atom stereocenters. The summed E-state index contributed by atoms with van der Waals surface area (Å²) in [5, 5.41) is 5.41. The fraction of sp³-hybridized carbons (Fsp3) is 0.696. The van der Waals surface area contributed by atoms with E-state index < -0.39 is 0 Å². The topological polar surface area (TPSA) is 61.4 Å². The maximum absolute atomic E-state index is 11.8. The SMILES string of the molecule is CCN1CCc2sc(N3CCC3)nc2C1.Cc1ncc(CC(=O)NC2CCCCC2)s1. The summed E-state index contributed by atoms with van der Waals surface area (Å²) in [5.74, 6) is 0.149. The highest BCUT2D eigenvalue weighted by atomic mass is 32.1. The number of likely N-dealkylation sites (N-methyl/N-ethyl adjacent to an activating group) is 1. The van der Waals surface area contributed by atoms with Crippen molar-refractivity contribution >= 4 is 33.7 Å². The van der Waals surface area contributed by atoms with Crippen molar-refractivity contribution in [1.82, 2.24) is 20.2 Å². The molecule has 1 amide bonds. The van der Waals surface area contributed by atoms with Crippen LogP contribution in [0.5, 0.6) is 0 Å². The van der Waals surface area contributed by atoms with Crippen LogP contribution in [-0.2, 0) is 24.2 Å². The molecule has 5 rings (SSSR count). The molecular weight excluding hydrogens is 426 g/mol. The Labute approximate surface area is 194 Å². The van der Waals surface area contributed by atoms with E-state index in [9.17, 15) is 4.79 Å². The van der Waals surface area contributed by atoms with Gasteiger partial charge in [0.05, 0.1) is 17.1 Å². The minimum atomic E-state index is 0.149. The number of nitrogens with one attached hydrogen (secondary N) is 1. The number of fused-ring (bicyclic) bond motifs is 1. The molecule has 8 heteroatoms. The van der Waals surface area contributed by atoms with Gasteiger partial charge in [-0.1, -0.05) is 26.2 Å². The minimum Gasteiger partial charge on any atom is -0.353 e. The van der Waals surface area contributed by atoms with E-state index in [1.807, 2.05) is 18.3 Å². The van der Waals surface area contributed by atoms with Gasteiger partial charge in [0, 0.05) is 48.2 Å². The molecule has 0 spiro atoms. The van der Waals surface area contributed by atoms with Crippen LogP contribution in [-0.4, -0.2) is 53.0 Å². The molecule has 0 unspecified atom stereocenters. The van der Waals surface area contributed by atoms with E-state index in [1.54, 1.807) is 17.5 Å². The Morgan fingerprint density at radius 3 is 2.61 bits per heavy atom. The van der Waals surface area contributed by atoms with E-state index in [1.165, 1.54) is 67.4 Å². The normalized spacial score (nSPS) is 19.2. The third-order valence-electron chi connectivity index (χ3n) is 6.34. The van der Waals surface area contributed by atoms with Crippen molar-refractivity contribution in [2.24, 2.45) is 0 Å². The molecule has 1 aliphatic carbocycles. The fourth-order valence-corrected chi connectivity index (χ4v) is 6.23. The fourth-order valence-electron chi connectivity index (χ4n) is 4.32. The second kappa shape index (κ2) is 10.9. The first kappa shape index (κ1) is 22.7. The molecule has 3 aliphatic rings. The zero-order valence-electron chi connectivity index (χ0n) is 18.9. The summed E-state index contributed by atoms with van der Waals surface area (Å²) in [4.78, 5) is 28.2. The van der Waals surface area contributed by atoms with E-state index in [2.05, 4.69) is 27.0 Å². The number of aromatic nitrogens is 2. The lowest BCUT2D eigenvalue weighted by atomic mass is 9.95. The van der Waals surface area contributed by atoms with E-state index in [-0.39, 0.29) is 5.91 Å². The molecule has 2 aliphatic heterocycles. The Hall–Kier alpha value is -1.51. The van der Waals surface area contributed by atoms with Crippen LogP contribution in [0.15, 0.2) is 6.20 Å². The van der Waals surface area contributed by atoms with Crippen molar-refractivity contribution in [3.05, 3.63) is 26.7 Å². The van der Waals surface area contributed by atoms with E-state index in [0.29, 0.717) is 12.5 Å². The zero-order valence-corrected chi connectivity index (χ0v) is 20.5. The van der Waals surface area contributed by atoms with Crippen LogP contribution in [0.25, 0.3) is 0 Å². The van der Waals surface area contributed by atoms with Crippen LogP contribution in [0.4, 0.5) is 5.13 Å². The van der Waals surface area contributed by atoms with Gasteiger partial charge < -0.3 is 10.2 Å². The van der Waals surface area contributed by atoms with Gasteiger partial charge >= 0.3 is 0 Å². The van der Waals surface area contributed by atoms with Gasteiger partial charge in [-0.05, 0) is 39.2 Å². The molecule has 1 saturated heterocycles. The average molecular weight is 462 g/mol. The van der Waals surface area contributed by atoms with Crippen molar-refractivity contribution in [2.75, 3.05) is 31.1 Å². The van der Waals surface area contributed by atoms with Crippen molar-refractivity contribution in [2.45, 2.75) is 77.8 Å². The Morgan fingerprint density at radius 2 is 1.97 bits per heavy atom. The lowest BCUT2D eigenvalue weighted by Gasteiger charge is -2.30. The van der Waals surface area contributed by atoms with Crippen LogP contribution in [0.1, 0.15) is 65.9 Å². The monoisotopic (exact) mass is 461 g/mol. The molecule has 0 radical (unpaired) electrons. The van der Waals surface area contributed by atoms with E-state index in [0.717, 1.165) is 35.8 Å². The first-order valence-corrected chi connectivity index (χ1v) is 13.4. The smallest absolute Gasteiger partial charge is 0.225 e. The predicted octanol–water partition coefficient (Wildman–Crippen LogP) is 4.17. The highest BCUT2D eigenvalue weighted by Gasteiger charge is 2.24. The summed E-state index contributed by atoms with van der Waals surface area (Å²) in [6.45, 7) is 10.0. The Balaban J connectivity index is 0.000000149. The van der Waals surface area contributed by atoms with Gasteiger partial charge in [-0.2, -0.15) is 0 Å². The summed E-state index contributed by atoms with van der Waals surface area (Å²) in [6, 6.07) is 0.412. The number of nitrogens with zero attached hydrogens (tertiary/aromatic N) is 4. The second-order valence-corrected chi connectivity index (χ2v) is 11.1. The Bertz CT molecular complexity index is 854. The summed E-state index contributed by atoms with van der Waals surface area (Å²) in [7, 11) is 0. The van der Waals surface area contributed by atoms with E-state index >= 15 is 0 Å². The standard InChI is InChI=1S/C12H18N2OS.C11H17N3S/c1-9-13-8-11(16-9)7-12(15)14-10-5-3-2-4-6-10;1-2-13-7-4-10-9(8-13)12-11(15-10)14-5-3-6-14/h8,10H,2-7H2,1H3,(H,14,15);2-8H2,1H3. The molecule has 1 N–H and O–H groups in total. The predicted molar refractivity (Wildman–Crippen MR) is 129 cm³/mol. The van der Waals surface area contributed by atoms with Crippen LogP contribution >= 0.6 is 22.7 Å². The summed E-state index contributed by atoms with van der Waals surface area (Å²) < 4.78 is 0. The molecule has 31 heavy (non-hydrogen) atoms. The van der Waals surface area contributed by atoms with Gasteiger partial charge in [-0.3, -0.25) is 9.69 Å². The van der Waals surface area contributed by atoms with Crippen molar-refractivity contribution in [3.63, 3.8) is 0 Å². The van der Waals surface area contributed by atoms with Crippen LogP contribution in [0.2, 0.25) is 0 Å². The maximum Gasteiger partial charge on any atom is 0.225 e. The van der Waals surface area contributed by atoms with Gasteiger partial charge in [0.25, 0.3) is 0 Å². The number of thiazole rings is 2. The number of aryl methyl sites for hydroxylation is 1. The first-order valence-electron chi connectivity index (χ1n) is 11.8. The number of amides is 1. The highest BCUT2D eigenvalue weighted by molar-refractivity contribution is 7.15. The van der Waals surface area contributed by atoms with Gasteiger partial charge in [0.2, 0.25) is 5.91 Å². The maximum atomic E-state index is 11.8. The third kappa shape index (κ3) is 6.26. The van der Waals surface area contributed by atoms with Gasteiger partial charge in [-0.15, -0.1) is 22.7 Å². The quantitative estimate of drug-likeness (QED) is 0.724. The molecule has 0 aromatic carbocycles. The summed E-state index contributed by atoms with van der Waals surface area (Å²) in [5.41, 5.74) is 1.34. The molecule has 4 heterocycles. The largest absolute Gasteiger partial charge is 0.353 e.